The van der Waals surface area contributed by atoms with Crippen molar-refractivity contribution in [2.75, 3.05) is 0 Å². The molecule has 0 unspecified atom stereocenters. The van der Waals surface area contributed by atoms with Crippen molar-refractivity contribution in [1.29, 1.82) is 0 Å². The zero-order valence-corrected chi connectivity index (χ0v) is 9.98. The molecule has 0 saturated carbocycles. The molecule has 3 nitrogen and oxygen atoms in total. The van der Waals surface area contributed by atoms with E-state index in [1.807, 2.05) is 18.2 Å². The Labute approximate surface area is 105 Å². The van der Waals surface area contributed by atoms with Crippen LogP contribution in [-0.2, 0) is 12.8 Å². The molecule has 1 aliphatic rings. The summed E-state index contributed by atoms with van der Waals surface area (Å²) in [6.45, 7) is 0. The highest BCUT2D eigenvalue weighted by Gasteiger charge is 2.22. The van der Waals surface area contributed by atoms with Crippen molar-refractivity contribution in [3.63, 3.8) is 0 Å². The first-order valence-electron chi connectivity index (χ1n) is 6.20. The summed E-state index contributed by atoms with van der Waals surface area (Å²) < 4.78 is 5.35. The van der Waals surface area contributed by atoms with E-state index in [2.05, 4.69) is 0 Å². The largest absolute Gasteiger partial charge is 0.507 e. The van der Waals surface area contributed by atoms with Crippen molar-refractivity contribution in [2.45, 2.75) is 25.7 Å². The predicted molar refractivity (Wildman–Crippen MR) is 68.7 cm³/mol. The fraction of sp³-hybridized carbons (Fsp3) is 0.267. The molecule has 1 aromatic carbocycles. The number of fused-ring (bicyclic) bond motifs is 1. The minimum Gasteiger partial charge on any atom is -0.507 e. The Morgan fingerprint density at radius 2 is 1.78 bits per heavy atom. The average Bonchev–Trinajstić information content (AvgIpc) is 2.40. The number of aryl methyl sites for hydroxylation is 1. The lowest BCUT2D eigenvalue weighted by molar-refractivity contribution is 0.397. The summed E-state index contributed by atoms with van der Waals surface area (Å²) >= 11 is 0. The highest BCUT2D eigenvalue weighted by Crippen LogP contribution is 2.34. The van der Waals surface area contributed by atoms with Crippen molar-refractivity contribution in [3.05, 3.63) is 52.1 Å². The van der Waals surface area contributed by atoms with E-state index in [-0.39, 0.29) is 11.3 Å². The van der Waals surface area contributed by atoms with Crippen LogP contribution in [0.25, 0.3) is 11.1 Å². The highest BCUT2D eigenvalue weighted by atomic mass is 16.4. The zero-order valence-electron chi connectivity index (χ0n) is 9.98. The standard InChI is InChI=1S/C15H14O3/c16-14-11-8-4-5-9-12(11)18-15(17)13(14)10-6-2-1-3-7-10/h1-3,6-7,16H,4-5,8-9H2. The Morgan fingerprint density at radius 1 is 1.06 bits per heavy atom. The maximum Gasteiger partial charge on any atom is 0.347 e. The van der Waals surface area contributed by atoms with Gasteiger partial charge in [-0.2, -0.15) is 0 Å². The monoisotopic (exact) mass is 242 g/mol. The quantitative estimate of drug-likeness (QED) is 0.836. The Kier molecular flexibility index (Phi) is 2.67. The Hall–Kier alpha value is -2.03. The molecule has 1 aromatic heterocycles. The SMILES string of the molecule is O=c1oc2c(c(O)c1-c1ccccc1)CCCC2. The molecule has 92 valence electrons. The molecule has 0 saturated heterocycles. The third kappa shape index (κ3) is 1.72. The van der Waals surface area contributed by atoms with E-state index >= 15 is 0 Å². The number of benzene rings is 1. The van der Waals surface area contributed by atoms with Crippen molar-refractivity contribution >= 4 is 0 Å². The van der Waals surface area contributed by atoms with Crippen LogP contribution in [0.15, 0.2) is 39.5 Å². The summed E-state index contributed by atoms with van der Waals surface area (Å²) in [7, 11) is 0. The lowest BCUT2D eigenvalue weighted by atomic mass is 9.93. The number of hydrogen-bond acceptors (Lipinski definition) is 3. The summed E-state index contributed by atoms with van der Waals surface area (Å²) in [4.78, 5) is 12.0. The molecule has 0 spiro atoms. The first-order chi connectivity index (χ1) is 8.77. The molecule has 0 fully saturated rings. The predicted octanol–water partition coefficient (Wildman–Crippen LogP) is 2.89. The van der Waals surface area contributed by atoms with Crippen LogP contribution in [0.3, 0.4) is 0 Å². The van der Waals surface area contributed by atoms with Gasteiger partial charge in [0.2, 0.25) is 0 Å². The number of aromatic hydroxyl groups is 1. The molecule has 0 amide bonds. The first-order valence-corrected chi connectivity index (χ1v) is 6.20. The van der Waals surface area contributed by atoms with Gasteiger partial charge in [-0.15, -0.1) is 0 Å². The van der Waals surface area contributed by atoms with Gasteiger partial charge < -0.3 is 9.52 Å². The van der Waals surface area contributed by atoms with Gasteiger partial charge in [-0.25, -0.2) is 4.79 Å². The van der Waals surface area contributed by atoms with Gasteiger partial charge in [0, 0.05) is 12.0 Å². The molecular formula is C15H14O3. The van der Waals surface area contributed by atoms with Crippen LogP contribution in [0.2, 0.25) is 0 Å². The second-order valence-electron chi connectivity index (χ2n) is 4.59. The van der Waals surface area contributed by atoms with Crippen molar-refractivity contribution < 1.29 is 9.52 Å². The van der Waals surface area contributed by atoms with Gasteiger partial charge in [-0.3, -0.25) is 0 Å². The first kappa shape index (κ1) is 11.1. The van der Waals surface area contributed by atoms with E-state index in [4.69, 9.17) is 4.42 Å². The Morgan fingerprint density at radius 3 is 2.56 bits per heavy atom. The van der Waals surface area contributed by atoms with Gasteiger partial charge >= 0.3 is 5.63 Å². The van der Waals surface area contributed by atoms with E-state index in [0.29, 0.717) is 11.3 Å². The van der Waals surface area contributed by atoms with Crippen LogP contribution in [0, 0.1) is 0 Å². The van der Waals surface area contributed by atoms with Crippen molar-refractivity contribution in [3.8, 4) is 16.9 Å². The van der Waals surface area contributed by atoms with Gasteiger partial charge in [-0.05, 0) is 24.8 Å². The Balaban J connectivity index is 2.25. The number of hydrogen-bond donors (Lipinski definition) is 1. The van der Waals surface area contributed by atoms with E-state index in [9.17, 15) is 9.90 Å². The van der Waals surface area contributed by atoms with Crippen LogP contribution < -0.4 is 5.63 Å². The van der Waals surface area contributed by atoms with Crippen LogP contribution in [0.4, 0.5) is 0 Å². The third-order valence-electron chi connectivity index (χ3n) is 3.42. The van der Waals surface area contributed by atoms with Crippen LogP contribution in [-0.4, -0.2) is 5.11 Å². The smallest absolute Gasteiger partial charge is 0.347 e. The van der Waals surface area contributed by atoms with E-state index in [1.54, 1.807) is 12.1 Å². The third-order valence-corrected chi connectivity index (χ3v) is 3.42. The molecule has 1 N–H and O–H groups in total. The van der Waals surface area contributed by atoms with Gasteiger partial charge in [0.15, 0.2) is 0 Å². The molecule has 0 atom stereocenters. The molecule has 2 aromatic rings. The second-order valence-corrected chi connectivity index (χ2v) is 4.59. The molecule has 1 heterocycles. The minimum absolute atomic E-state index is 0.104. The molecular weight excluding hydrogens is 228 g/mol. The summed E-state index contributed by atoms with van der Waals surface area (Å²) in [6, 6.07) is 9.17. The van der Waals surface area contributed by atoms with Crippen molar-refractivity contribution in [1.82, 2.24) is 0 Å². The Bertz CT molecular complexity index is 626. The molecule has 0 bridgehead atoms. The van der Waals surface area contributed by atoms with Crippen LogP contribution in [0.1, 0.15) is 24.2 Å². The minimum atomic E-state index is -0.445. The highest BCUT2D eigenvalue weighted by molar-refractivity contribution is 5.70. The molecule has 3 rings (SSSR count). The fourth-order valence-electron chi connectivity index (χ4n) is 2.51. The summed E-state index contributed by atoms with van der Waals surface area (Å²) in [5.74, 6) is 0.760. The zero-order chi connectivity index (χ0) is 12.5. The van der Waals surface area contributed by atoms with E-state index in [0.717, 1.165) is 31.2 Å². The van der Waals surface area contributed by atoms with Gasteiger partial charge in [0.05, 0.1) is 0 Å². The summed E-state index contributed by atoms with van der Waals surface area (Å²) in [5.41, 5.74) is 1.35. The average molecular weight is 242 g/mol. The molecule has 0 radical (unpaired) electrons. The van der Waals surface area contributed by atoms with E-state index < -0.39 is 5.63 Å². The maximum atomic E-state index is 12.0. The molecule has 0 aliphatic heterocycles. The molecule has 1 aliphatic carbocycles. The molecule has 3 heteroatoms. The summed E-state index contributed by atoms with van der Waals surface area (Å²) in [6.07, 6.45) is 3.57. The lowest BCUT2D eigenvalue weighted by Gasteiger charge is -2.16. The van der Waals surface area contributed by atoms with Gasteiger partial charge in [-0.1, -0.05) is 30.3 Å². The topological polar surface area (TPSA) is 50.4 Å². The summed E-state index contributed by atoms with van der Waals surface area (Å²) in [5, 5.41) is 10.3. The van der Waals surface area contributed by atoms with E-state index in [1.165, 1.54) is 0 Å². The van der Waals surface area contributed by atoms with Crippen molar-refractivity contribution in [2.24, 2.45) is 0 Å². The lowest BCUT2D eigenvalue weighted by Crippen LogP contribution is -2.12. The second kappa shape index (κ2) is 4.33. The number of rotatable bonds is 1. The van der Waals surface area contributed by atoms with Gasteiger partial charge in [0.25, 0.3) is 0 Å². The van der Waals surface area contributed by atoms with Crippen LogP contribution in [0.5, 0.6) is 5.75 Å². The maximum absolute atomic E-state index is 12.0. The fourth-order valence-corrected chi connectivity index (χ4v) is 2.51. The molecule has 18 heavy (non-hydrogen) atoms. The normalized spacial score (nSPS) is 14.2. The van der Waals surface area contributed by atoms with Crippen LogP contribution >= 0.6 is 0 Å². The van der Waals surface area contributed by atoms with Gasteiger partial charge in [0.1, 0.15) is 17.1 Å².